The van der Waals surface area contributed by atoms with Gasteiger partial charge < -0.3 is 5.32 Å². The van der Waals surface area contributed by atoms with Crippen LogP contribution in [0.1, 0.15) is 39.7 Å². The van der Waals surface area contributed by atoms with Gasteiger partial charge in [-0.05, 0) is 31.7 Å². The van der Waals surface area contributed by atoms with Crippen LogP contribution in [0.2, 0.25) is 0 Å². The lowest BCUT2D eigenvalue weighted by Gasteiger charge is -2.46. The van der Waals surface area contributed by atoms with Gasteiger partial charge in [0, 0.05) is 44.5 Å². The lowest BCUT2D eigenvalue weighted by Crippen LogP contribution is -2.63. The average molecular weight is 278 g/mol. The van der Waals surface area contributed by atoms with E-state index in [0.717, 1.165) is 32.0 Å². The van der Waals surface area contributed by atoms with Crippen molar-refractivity contribution in [1.29, 1.82) is 0 Å². The molecule has 2 heterocycles. The summed E-state index contributed by atoms with van der Waals surface area (Å²) < 4.78 is 1.89. The molecule has 0 aliphatic carbocycles. The Hall–Kier alpha value is -0.870. The molecule has 0 spiro atoms. The molecule has 1 saturated heterocycles. The van der Waals surface area contributed by atoms with E-state index in [2.05, 4.69) is 49.2 Å². The van der Waals surface area contributed by atoms with Crippen LogP contribution in [-0.4, -0.2) is 45.9 Å². The highest BCUT2D eigenvalue weighted by atomic mass is 15.3. The zero-order valence-corrected chi connectivity index (χ0v) is 13.7. The Balaban J connectivity index is 1.99. The van der Waals surface area contributed by atoms with Crippen LogP contribution in [0, 0.1) is 5.92 Å². The zero-order valence-electron chi connectivity index (χ0n) is 13.7. The number of nitrogens with one attached hydrogen (secondary N) is 1. The van der Waals surface area contributed by atoms with Crippen molar-refractivity contribution in [2.45, 2.75) is 52.1 Å². The molecule has 0 radical (unpaired) electrons. The molecule has 4 heteroatoms. The molecule has 2 rings (SSSR count). The van der Waals surface area contributed by atoms with Crippen LogP contribution in [0.15, 0.2) is 12.4 Å². The second kappa shape index (κ2) is 6.27. The summed E-state index contributed by atoms with van der Waals surface area (Å²) >= 11 is 0. The summed E-state index contributed by atoms with van der Waals surface area (Å²) in [5.41, 5.74) is 1.56. The third kappa shape index (κ3) is 3.83. The van der Waals surface area contributed by atoms with E-state index in [0.29, 0.717) is 6.04 Å². The third-order valence-electron chi connectivity index (χ3n) is 4.60. The van der Waals surface area contributed by atoms with Crippen molar-refractivity contribution in [2.75, 3.05) is 19.6 Å². The van der Waals surface area contributed by atoms with Crippen LogP contribution in [0.25, 0.3) is 0 Å². The first-order chi connectivity index (χ1) is 9.41. The van der Waals surface area contributed by atoms with Crippen LogP contribution in [-0.2, 0) is 13.5 Å². The Morgan fingerprint density at radius 1 is 1.50 bits per heavy atom. The summed E-state index contributed by atoms with van der Waals surface area (Å²) in [7, 11) is 1.99. The van der Waals surface area contributed by atoms with Crippen molar-refractivity contribution in [1.82, 2.24) is 20.0 Å². The maximum absolute atomic E-state index is 4.27. The molecule has 4 nitrogen and oxygen atoms in total. The number of hydrogen-bond acceptors (Lipinski definition) is 3. The first kappa shape index (κ1) is 15.5. The fourth-order valence-electron chi connectivity index (χ4n) is 3.14. The number of piperazine rings is 1. The van der Waals surface area contributed by atoms with Crippen molar-refractivity contribution in [2.24, 2.45) is 13.0 Å². The standard InChI is InChI=1S/C16H30N4/c1-6-13(2)15-10-17-16(3,4)12-20(15)8-7-14-9-18-19(5)11-14/h9,11,13,15,17H,6-8,10,12H2,1-5H3. The maximum atomic E-state index is 4.27. The Morgan fingerprint density at radius 3 is 2.85 bits per heavy atom. The molecule has 0 aromatic carbocycles. The van der Waals surface area contributed by atoms with Crippen LogP contribution in [0.5, 0.6) is 0 Å². The number of nitrogens with zero attached hydrogens (tertiary/aromatic N) is 3. The van der Waals surface area contributed by atoms with E-state index in [9.17, 15) is 0 Å². The second-order valence-electron chi connectivity index (χ2n) is 6.96. The lowest BCUT2D eigenvalue weighted by molar-refractivity contribution is 0.0647. The van der Waals surface area contributed by atoms with Gasteiger partial charge in [0.15, 0.2) is 0 Å². The van der Waals surface area contributed by atoms with Crippen molar-refractivity contribution < 1.29 is 0 Å². The molecule has 0 amide bonds. The first-order valence-corrected chi connectivity index (χ1v) is 7.88. The molecule has 20 heavy (non-hydrogen) atoms. The molecule has 1 aliphatic heterocycles. The van der Waals surface area contributed by atoms with Gasteiger partial charge in [0.1, 0.15) is 0 Å². The fourth-order valence-corrected chi connectivity index (χ4v) is 3.14. The number of hydrogen-bond donors (Lipinski definition) is 1. The molecule has 2 unspecified atom stereocenters. The van der Waals surface area contributed by atoms with Gasteiger partial charge >= 0.3 is 0 Å². The second-order valence-corrected chi connectivity index (χ2v) is 6.96. The SMILES string of the molecule is CCC(C)C1CNC(C)(C)CN1CCc1cnn(C)c1. The van der Waals surface area contributed by atoms with E-state index in [1.807, 2.05) is 17.9 Å². The Bertz CT molecular complexity index is 424. The van der Waals surface area contributed by atoms with Crippen molar-refractivity contribution in [3.63, 3.8) is 0 Å². The van der Waals surface area contributed by atoms with Gasteiger partial charge in [-0.1, -0.05) is 20.3 Å². The van der Waals surface area contributed by atoms with E-state index in [-0.39, 0.29) is 5.54 Å². The molecular weight excluding hydrogens is 248 g/mol. The topological polar surface area (TPSA) is 33.1 Å². The van der Waals surface area contributed by atoms with Crippen molar-refractivity contribution >= 4 is 0 Å². The minimum absolute atomic E-state index is 0.221. The molecule has 2 atom stereocenters. The fraction of sp³-hybridized carbons (Fsp3) is 0.812. The Labute approximate surface area is 123 Å². The number of aryl methyl sites for hydroxylation is 1. The molecule has 0 saturated carbocycles. The van der Waals surface area contributed by atoms with Crippen LogP contribution >= 0.6 is 0 Å². The predicted molar refractivity (Wildman–Crippen MR) is 83.8 cm³/mol. The van der Waals surface area contributed by atoms with Gasteiger partial charge in [-0.3, -0.25) is 9.58 Å². The Morgan fingerprint density at radius 2 is 2.25 bits per heavy atom. The van der Waals surface area contributed by atoms with Crippen molar-refractivity contribution in [3.05, 3.63) is 18.0 Å². The zero-order chi connectivity index (χ0) is 14.8. The molecular formula is C16H30N4. The minimum atomic E-state index is 0.221. The van der Waals surface area contributed by atoms with Gasteiger partial charge in [0.25, 0.3) is 0 Å². The highest BCUT2D eigenvalue weighted by Gasteiger charge is 2.34. The third-order valence-corrected chi connectivity index (χ3v) is 4.60. The predicted octanol–water partition coefficient (Wildman–Crippen LogP) is 2.06. The number of aromatic nitrogens is 2. The van der Waals surface area contributed by atoms with Crippen molar-refractivity contribution in [3.8, 4) is 0 Å². The smallest absolute Gasteiger partial charge is 0.0522 e. The molecule has 0 bridgehead atoms. The highest BCUT2D eigenvalue weighted by Crippen LogP contribution is 2.22. The summed E-state index contributed by atoms with van der Waals surface area (Å²) in [6.07, 6.45) is 6.46. The summed E-state index contributed by atoms with van der Waals surface area (Å²) in [6, 6.07) is 0.657. The molecule has 1 aliphatic rings. The summed E-state index contributed by atoms with van der Waals surface area (Å²) in [5, 5.41) is 7.96. The van der Waals surface area contributed by atoms with Crippen LogP contribution in [0.3, 0.4) is 0 Å². The monoisotopic (exact) mass is 278 g/mol. The van der Waals surface area contributed by atoms with Crippen LogP contribution in [0.4, 0.5) is 0 Å². The van der Waals surface area contributed by atoms with E-state index in [1.54, 1.807) is 0 Å². The lowest BCUT2D eigenvalue weighted by atomic mass is 9.90. The Kier molecular flexibility index (Phi) is 4.86. The molecule has 1 N–H and O–H groups in total. The molecule has 1 fully saturated rings. The number of rotatable bonds is 5. The maximum Gasteiger partial charge on any atom is 0.0522 e. The van der Waals surface area contributed by atoms with Gasteiger partial charge in [0.05, 0.1) is 6.20 Å². The van der Waals surface area contributed by atoms with Gasteiger partial charge in [0.2, 0.25) is 0 Å². The molecule has 1 aromatic rings. The largest absolute Gasteiger partial charge is 0.309 e. The van der Waals surface area contributed by atoms with E-state index < -0.39 is 0 Å². The van der Waals surface area contributed by atoms with E-state index in [1.165, 1.54) is 12.0 Å². The quantitative estimate of drug-likeness (QED) is 0.895. The first-order valence-electron chi connectivity index (χ1n) is 7.88. The van der Waals surface area contributed by atoms with Gasteiger partial charge in [-0.25, -0.2) is 0 Å². The summed E-state index contributed by atoms with van der Waals surface area (Å²) in [4.78, 5) is 2.68. The van der Waals surface area contributed by atoms with E-state index >= 15 is 0 Å². The minimum Gasteiger partial charge on any atom is -0.309 e. The normalized spacial score (nSPS) is 24.8. The van der Waals surface area contributed by atoms with Gasteiger partial charge in [-0.15, -0.1) is 0 Å². The highest BCUT2D eigenvalue weighted by molar-refractivity contribution is 5.05. The molecule has 1 aromatic heterocycles. The average Bonchev–Trinajstić information content (AvgIpc) is 2.80. The van der Waals surface area contributed by atoms with E-state index in [4.69, 9.17) is 0 Å². The van der Waals surface area contributed by atoms with Crippen LogP contribution < -0.4 is 5.32 Å². The molecule has 114 valence electrons. The summed E-state index contributed by atoms with van der Waals surface area (Å²) in [5.74, 6) is 0.743. The summed E-state index contributed by atoms with van der Waals surface area (Å²) in [6.45, 7) is 12.6. The van der Waals surface area contributed by atoms with Gasteiger partial charge in [-0.2, -0.15) is 5.10 Å².